The minimum atomic E-state index is 0.128. The van der Waals surface area contributed by atoms with Gasteiger partial charge in [0.2, 0.25) is 5.91 Å². The van der Waals surface area contributed by atoms with E-state index in [0.717, 1.165) is 11.6 Å². The van der Waals surface area contributed by atoms with Gasteiger partial charge in [-0.1, -0.05) is 33.6 Å². The van der Waals surface area contributed by atoms with Crippen LogP contribution in [0.1, 0.15) is 70.4 Å². The molecule has 0 bridgehead atoms. The molecule has 20 heavy (non-hydrogen) atoms. The highest BCUT2D eigenvalue weighted by atomic mass is 16.1. The number of nitrogens with zero attached hydrogens (tertiary/aromatic N) is 3. The van der Waals surface area contributed by atoms with Crippen LogP contribution in [-0.2, 0) is 18.4 Å². The molecule has 5 heteroatoms. The number of amides is 1. The van der Waals surface area contributed by atoms with Crippen LogP contribution in [0, 0.1) is 5.41 Å². The number of carbonyl (C=O) groups excluding carboxylic acids is 1. The van der Waals surface area contributed by atoms with Gasteiger partial charge in [0.05, 0.1) is 6.54 Å². The van der Waals surface area contributed by atoms with Gasteiger partial charge in [0, 0.05) is 19.4 Å². The molecular weight excluding hydrogens is 252 g/mol. The van der Waals surface area contributed by atoms with E-state index < -0.39 is 0 Å². The largest absolute Gasteiger partial charge is 0.349 e. The van der Waals surface area contributed by atoms with Crippen LogP contribution >= 0.6 is 0 Å². The molecule has 1 fully saturated rings. The molecule has 0 unspecified atom stereocenters. The monoisotopic (exact) mass is 278 g/mol. The lowest BCUT2D eigenvalue weighted by atomic mass is 9.85. The predicted octanol–water partition coefficient (Wildman–Crippen LogP) is 2.53. The SMILES string of the molecule is CC(C)c1nnc(CNC(=O)CC2(C)CCCC2)n1C. The summed E-state index contributed by atoms with van der Waals surface area (Å²) in [5.41, 5.74) is 0.201. The number of carbonyl (C=O) groups is 1. The molecule has 1 aliphatic rings. The molecule has 1 aliphatic carbocycles. The van der Waals surface area contributed by atoms with E-state index in [0.29, 0.717) is 18.9 Å². The molecule has 112 valence electrons. The van der Waals surface area contributed by atoms with E-state index in [-0.39, 0.29) is 11.3 Å². The van der Waals surface area contributed by atoms with E-state index >= 15 is 0 Å². The Kier molecular flexibility index (Phi) is 4.45. The molecule has 0 saturated heterocycles. The van der Waals surface area contributed by atoms with Crippen LogP contribution in [0.5, 0.6) is 0 Å². The second kappa shape index (κ2) is 5.94. The quantitative estimate of drug-likeness (QED) is 0.900. The van der Waals surface area contributed by atoms with Crippen LogP contribution in [0.25, 0.3) is 0 Å². The summed E-state index contributed by atoms with van der Waals surface area (Å²) in [7, 11) is 1.95. The molecule has 1 N–H and O–H groups in total. The minimum Gasteiger partial charge on any atom is -0.349 e. The summed E-state index contributed by atoms with van der Waals surface area (Å²) in [5, 5.41) is 11.3. The van der Waals surface area contributed by atoms with Crippen molar-refractivity contribution >= 4 is 5.91 Å². The van der Waals surface area contributed by atoms with Crippen molar-refractivity contribution in [2.75, 3.05) is 0 Å². The standard InChI is InChI=1S/C15H26N4O/c1-11(2)14-18-17-12(19(14)4)10-16-13(20)9-15(3)7-5-6-8-15/h11H,5-10H2,1-4H3,(H,16,20). The highest BCUT2D eigenvalue weighted by Crippen LogP contribution is 2.40. The van der Waals surface area contributed by atoms with Crippen molar-refractivity contribution in [2.24, 2.45) is 12.5 Å². The molecule has 0 radical (unpaired) electrons. The van der Waals surface area contributed by atoms with E-state index in [2.05, 4.69) is 36.3 Å². The summed E-state index contributed by atoms with van der Waals surface area (Å²) in [6.07, 6.45) is 5.47. The minimum absolute atomic E-state index is 0.128. The van der Waals surface area contributed by atoms with Crippen molar-refractivity contribution in [1.29, 1.82) is 0 Å². The van der Waals surface area contributed by atoms with Crippen molar-refractivity contribution in [1.82, 2.24) is 20.1 Å². The summed E-state index contributed by atoms with van der Waals surface area (Å²) in [4.78, 5) is 12.1. The molecular formula is C15H26N4O. The third-order valence-electron chi connectivity index (χ3n) is 4.36. The van der Waals surface area contributed by atoms with Crippen molar-refractivity contribution in [2.45, 2.75) is 65.3 Å². The Labute approximate surface area is 121 Å². The zero-order valence-electron chi connectivity index (χ0n) is 13.1. The molecule has 2 rings (SSSR count). The number of rotatable bonds is 5. The zero-order valence-corrected chi connectivity index (χ0v) is 13.1. The van der Waals surface area contributed by atoms with Gasteiger partial charge in [0.25, 0.3) is 0 Å². The number of nitrogens with one attached hydrogen (secondary N) is 1. The second-order valence-corrected chi connectivity index (χ2v) is 6.66. The van der Waals surface area contributed by atoms with Crippen LogP contribution in [-0.4, -0.2) is 20.7 Å². The highest BCUT2D eigenvalue weighted by molar-refractivity contribution is 5.76. The first-order chi connectivity index (χ1) is 9.41. The molecule has 1 aromatic rings. The van der Waals surface area contributed by atoms with E-state index in [9.17, 15) is 4.79 Å². The third kappa shape index (κ3) is 3.38. The Morgan fingerprint density at radius 2 is 2.00 bits per heavy atom. The van der Waals surface area contributed by atoms with Gasteiger partial charge < -0.3 is 9.88 Å². The van der Waals surface area contributed by atoms with Gasteiger partial charge in [-0.2, -0.15) is 0 Å². The fourth-order valence-corrected chi connectivity index (χ4v) is 3.07. The second-order valence-electron chi connectivity index (χ2n) is 6.66. The van der Waals surface area contributed by atoms with Crippen molar-refractivity contribution in [3.63, 3.8) is 0 Å². The number of hydrogen-bond donors (Lipinski definition) is 1. The molecule has 1 amide bonds. The van der Waals surface area contributed by atoms with Gasteiger partial charge in [-0.15, -0.1) is 10.2 Å². The van der Waals surface area contributed by atoms with Gasteiger partial charge in [-0.3, -0.25) is 4.79 Å². The summed E-state index contributed by atoms with van der Waals surface area (Å²) < 4.78 is 1.97. The first kappa shape index (κ1) is 15.0. The Morgan fingerprint density at radius 3 is 2.55 bits per heavy atom. The van der Waals surface area contributed by atoms with Crippen LogP contribution in [0.2, 0.25) is 0 Å². The number of hydrogen-bond acceptors (Lipinski definition) is 3. The molecule has 1 heterocycles. The highest BCUT2D eigenvalue weighted by Gasteiger charge is 2.30. The molecule has 0 aliphatic heterocycles. The maximum atomic E-state index is 12.1. The van der Waals surface area contributed by atoms with Gasteiger partial charge in [0.15, 0.2) is 5.82 Å². The topological polar surface area (TPSA) is 59.8 Å². The molecule has 0 aromatic carbocycles. The van der Waals surface area contributed by atoms with Gasteiger partial charge in [0.1, 0.15) is 5.82 Å². The van der Waals surface area contributed by atoms with E-state index in [1.54, 1.807) is 0 Å². The van der Waals surface area contributed by atoms with Crippen molar-refractivity contribution in [3.8, 4) is 0 Å². The van der Waals surface area contributed by atoms with E-state index in [1.165, 1.54) is 25.7 Å². The summed E-state index contributed by atoms with van der Waals surface area (Å²) >= 11 is 0. The third-order valence-corrected chi connectivity index (χ3v) is 4.36. The van der Waals surface area contributed by atoms with Gasteiger partial charge in [-0.05, 0) is 18.3 Å². The molecule has 0 atom stereocenters. The van der Waals surface area contributed by atoms with Gasteiger partial charge in [-0.25, -0.2) is 0 Å². The van der Waals surface area contributed by atoms with E-state index in [1.807, 2.05) is 11.6 Å². The lowest BCUT2D eigenvalue weighted by Crippen LogP contribution is -2.29. The fraction of sp³-hybridized carbons (Fsp3) is 0.800. The van der Waals surface area contributed by atoms with Crippen molar-refractivity contribution < 1.29 is 4.79 Å². The lowest BCUT2D eigenvalue weighted by Gasteiger charge is -2.22. The first-order valence-electron chi connectivity index (χ1n) is 7.56. The van der Waals surface area contributed by atoms with E-state index in [4.69, 9.17) is 0 Å². The molecule has 0 spiro atoms. The van der Waals surface area contributed by atoms with Crippen LogP contribution in [0.3, 0.4) is 0 Å². The maximum absolute atomic E-state index is 12.1. The summed E-state index contributed by atoms with van der Waals surface area (Å²) in [6.45, 7) is 6.87. The predicted molar refractivity (Wildman–Crippen MR) is 78.1 cm³/mol. The number of aromatic nitrogens is 3. The average Bonchev–Trinajstić information content (AvgIpc) is 2.93. The normalized spacial score (nSPS) is 17.6. The summed E-state index contributed by atoms with van der Waals surface area (Å²) in [5.74, 6) is 2.24. The van der Waals surface area contributed by atoms with Crippen molar-refractivity contribution in [3.05, 3.63) is 11.6 Å². The Bertz CT molecular complexity index is 472. The zero-order chi connectivity index (χ0) is 14.8. The first-order valence-corrected chi connectivity index (χ1v) is 7.56. The molecule has 1 saturated carbocycles. The molecule has 1 aromatic heterocycles. The summed E-state index contributed by atoms with van der Waals surface area (Å²) in [6, 6.07) is 0. The smallest absolute Gasteiger partial charge is 0.220 e. The fourth-order valence-electron chi connectivity index (χ4n) is 3.07. The average molecular weight is 278 g/mol. The molecule has 5 nitrogen and oxygen atoms in total. The maximum Gasteiger partial charge on any atom is 0.220 e. The Balaban J connectivity index is 1.87. The van der Waals surface area contributed by atoms with Crippen LogP contribution in [0.15, 0.2) is 0 Å². The Morgan fingerprint density at radius 1 is 1.35 bits per heavy atom. The van der Waals surface area contributed by atoms with Gasteiger partial charge >= 0.3 is 0 Å². The van der Waals surface area contributed by atoms with Crippen LogP contribution < -0.4 is 5.32 Å². The van der Waals surface area contributed by atoms with Crippen LogP contribution in [0.4, 0.5) is 0 Å². The Hall–Kier alpha value is -1.39. The lowest BCUT2D eigenvalue weighted by molar-refractivity contribution is -0.123.